The molecule has 2 atom stereocenters. The molecule has 0 aliphatic rings. The zero-order chi connectivity index (χ0) is 12.8. The standard InChI is InChI=1S/C12H21ClN2OS/c1-9(14)12(10-5-6-11(13)17-10)15(2)7-4-8-16-3/h5-6,9,12H,4,7-8,14H2,1-3H3. The SMILES string of the molecule is COCCCN(C)C(c1ccc(Cl)s1)C(C)N. The minimum absolute atomic E-state index is 0.0808. The molecule has 0 amide bonds. The molecule has 0 aromatic carbocycles. The van der Waals surface area contributed by atoms with E-state index in [-0.39, 0.29) is 12.1 Å². The average Bonchev–Trinajstić information content (AvgIpc) is 2.65. The Morgan fingerprint density at radius 3 is 2.71 bits per heavy atom. The molecule has 5 heteroatoms. The van der Waals surface area contributed by atoms with Gasteiger partial charge in [0.25, 0.3) is 0 Å². The molecule has 2 unspecified atom stereocenters. The van der Waals surface area contributed by atoms with E-state index in [1.165, 1.54) is 4.88 Å². The van der Waals surface area contributed by atoms with Crippen molar-refractivity contribution >= 4 is 22.9 Å². The zero-order valence-electron chi connectivity index (χ0n) is 10.6. The summed E-state index contributed by atoms with van der Waals surface area (Å²) in [7, 11) is 3.82. The summed E-state index contributed by atoms with van der Waals surface area (Å²) in [6, 6.07) is 4.30. The van der Waals surface area contributed by atoms with Gasteiger partial charge in [0.15, 0.2) is 0 Å². The highest BCUT2D eigenvalue weighted by atomic mass is 35.5. The summed E-state index contributed by atoms with van der Waals surface area (Å²) in [5.74, 6) is 0. The third-order valence-corrected chi connectivity index (χ3v) is 4.02. The van der Waals surface area contributed by atoms with Gasteiger partial charge in [-0.1, -0.05) is 11.6 Å². The second-order valence-electron chi connectivity index (χ2n) is 4.27. The van der Waals surface area contributed by atoms with Crippen molar-refractivity contribution in [3.8, 4) is 0 Å². The molecule has 17 heavy (non-hydrogen) atoms. The Morgan fingerprint density at radius 1 is 1.53 bits per heavy atom. The molecule has 0 radical (unpaired) electrons. The molecule has 0 saturated carbocycles. The predicted molar refractivity (Wildman–Crippen MR) is 74.8 cm³/mol. The highest BCUT2D eigenvalue weighted by molar-refractivity contribution is 7.16. The van der Waals surface area contributed by atoms with Gasteiger partial charge in [0, 0.05) is 31.2 Å². The summed E-state index contributed by atoms with van der Waals surface area (Å²) in [5.41, 5.74) is 6.07. The lowest BCUT2D eigenvalue weighted by atomic mass is 10.1. The highest BCUT2D eigenvalue weighted by Crippen LogP contribution is 2.31. The molecule has 0 aliphatic heterocycles. The van der Waals surface area contributed by atoms with Crippen molar-refractivity contribution < 1.29 is 4.74 Å². The molecule has 0 saturated heterocycles. The number of thiophene rings is 1. The van der Waals surface area contributed by atoms with E-state index in [0.717, 1.165) is 23.9 Å². The van der Waals surface area contributed by atoms with E-state index in [2.05, 4.69) is 18.0 Å². The molecule has 0 spiro atoms. The molecule has 0 aliphatic carbocycles. The van der Waals surface area contributed by atoms with Gasteiger partial charge in [0.05, 0.1) is 10.4 Å². The first-order valence-electron chi connectivity index (χ1n) is 5.76. The molecule has 3 nitrogen and oxygen atoms in total. The van der Waals surface area contributed by atoms with Gasteiger partial charge in [-0.25, -0.2) is 0 Å². The van der Waals surface area contributed by atoms with E-state index in [4.69, 9.17) is 22.1 Å². The van der Waals surface area contributed by atoms with Crippen molar-refractivity contribution in [2.24, 2.45) is 5.73 Å². The summed E-state index contributed by atoms with van der Waals surface area (Å²) in [6.07, 6.45) is 1.01. The van der Waals surface area contributed by atoms with Crippen LogP contribution in [0.3, 0.4) is 0 Å². The fourth-order valence-electron chi connectivity index (χ4n) is 1.96. The van der Waals surface area contributed by atoms with Gasteiger partial charge in [-0.2, -0.15) is 0 Å². The van der Waals surface area contributed by atoms with Crippen LogP contribution in [0, 0.1) is 0 Å². The monoisotopic (exact) mass is 276 g/mol. The molecule has 1 aromatic rings. The highest BCUT2D eigenvalue weighted by Gasteiger charge is 2.22. The molecular formula is C12H21ClN2OS. The van der Waals surface area contributed by atoms with Gasteiger partial charge in [-0.05, 0) is 32.5 Å². The fraction of sp³-hybridized carbons (Fsp3) is 0.667. The third-order valence-electron chi connectivity index (χ3n) is 2.72. The molecule has 1 heterocycles. The normalized spacial score (nSPS) is 15.2. The summed E-state index contributed by atoms with van der Waals surface area (Å²) in [5, 5.41) is 0. The van der Waals surface area contributed by atoms with Crippen molar-refractivity contribution in [1.82, 2.24) is 4.90 Å². The van der Waals surface area contributed by atoms with Crippen molar-refractivity contribution in [2.45, 2.75) is 25.4 Å². The number of ether oxygens (including phenoxy) is 1. The van der Waals surface area contributed by atoms with Gasteiger partial charge in [0.1, 0.15) is 0 Å². The largest absolute Gasteiger partial charge is 0.385 e. The van der Waals surface area contributed by atoms with E-state index in [1.807, 2.05) is 13.0 Å². The number of hydrogen-bond donors (Lipinski definition) is 1. The van der Waals surface area contributed by atoms with Gasteiger partial charge in [0.2, 0.25) is 0 Å². The van der Waals surface area contributed by atoms with E-state index in [1.54, 1.807) is 18.4 Å². The Morgan fingerprint density at radius 2 is 2.24 bits per heavy atom. The number of hydrogen-bond acceptors (Lipinski definition) is 4. The first kappa shape index (κ1) is 14.9. The fourth-order valence-corrected chi connectivity index (χ4v) is 3.31. The van der Waals surface area contributed by atoms with Crippen molar-refractivity contribution in [3.05, 3.63) is 21.3 Å². The summed E-state index contributed by atoms with van der Waals surface area (Å²) < 4.78 is 5.88. The maximum atomic E-state index is 6.07. The Kier molecular flexibility index (Phi) is 6.44. The van der Waals surface area contributed by atoms with Crippen LogP contribution in [0.1, 0.15) is 24.3 Å². The van der Waals surface area contributed by atoms with Crippen molar-refractivity contribution in [3.63, 3.8) is 0 Å². The number of halogens is 1. The number of rotatable bonds is 7. The third kappa shape index (κ3) is 4.56. The van der Waals surface area contributed by atoms with Gasteiger partial charge >= 0.3 is 0 Å². The molecule has 1 rings (SSSR count). The lowest BCUT2D eigenvalue weighted by Gasteiger charge is -2.30. The van der Waals surface area contributed by atoms with Gasteiger partial charge < -0.3 is 10.5 Å². The quantitative estimate of drug-likeness (QED) is 0.779. The average molecular weight is 277 g/mol. The van der Waals surface area contributed by atoms with Crippen LogP contribution < -0.4 is 5.73 Å². The lowest BCUT2D eigenvalue weighted by Crippen LogP contribution is -2.37. The summed E-state index contributed by atoms with van der Waals surface area (Å²) >= 11 is 7.58. The molecular weight excluding hydrogens is 256 g/mol. The smallest absolute Gasteiger partial charge is 0.0931 e. The maximum absolute atomic E-state index is 6.07. The van der Waals surface area contributed by atoms with Crippen molar-refractivity contribution in [2.75, 3.05) is 27.3 Å². The zero-order valence-corrected chi connectivity index (χ0v) is 12.2. The minimum atomic E-state index is 0.0808. The van der Waals surface area contributed by atoms with Crippen LogP contribution in [0.4, 0.5) is 0 Å². The van der Waals surface area contributed by atoms with E-state index < -0.39 is 0 Å². The summed E-state index contributed by atoms with van der Waals surface area (Å²) in [4.78, 5) is 3.50. The Hall–Kier alpha value is -0.130. The number of likely N-dealkylation sites (N-methyl/N-ethyl adjacent to an activating group) is 1. The van der Waals surface area contributed by atoms with E-state index >= 15 is 0 Å². The summed E-state index contributed by atoms with van der Waals surface area (Å²) in [6.45, 7) is 3.78. The predicted octanol–water partition coefficient (Wildman–Crippen LogP) is 2.76. The van der Waals surface area contributed by atoms with E-state index in [0.29, 0.717) is 0 Å². The second kappa shape index (κ2) is 7.34. The molecule has 0 fully saturated rings. The Labute approximate surface area is 113 Å². The Bertz CT molecular complexity index is 330. The first-order chi connectivity index (χ1) is 8.06. The van der Waals surface area contributed by atoms with Crippen LogP contribution in [-0.2, 0) is 4.74 Å². The van der Waals surface area contributed by atoms with Crippen molar-refractivity contribution in [1.29, 1.82) is 0 Å². The number of nitrogens with two attached hydrogens (primary N) is 1. The Balaban J connectivity index is 2.65. The second-order valence-corrected chi connectivity index (χ2v) is 6.02. The van der Waals surface area contributed by atoms with Crippen LogP contribution >= 0.6 is 22.9 Å². The van der Waals surface area contributed by atoms with Crippen LogP contribution in [0.15, 0.2) is 12.1 Å². The van der Waals surface area contributed by atoms with Gasteiger partial charge in [-0.3, -0.25) is 4.90 Å². The number of methoxy groups -OCH3 is 1. The minimum Gasteiger partial charge on any atom is -0.385 e. The maximum Gasteiger partial charge on any atom is 0.0931 e. The molecule has 1 aromatic heterocycles. The first-order valence-corrected chi connectivity index (χ1v) is 6.95. The topological polar surface area (TPSA) is 38.5 Å². The van der Waals surface area contributed by atoms with Crippen LogP contribution in [0.2, 0.25) is 4.34 Å². The lowest BCUT2D eigenvalue weighted by molar-refractivity contribution is 0.159. The number of nitrogens with zero attached hydrogens (tertiary/aromatic N) is 1. The van der Waals surface area contributed by atoms with E-state index in [9.17, 15) is 0 Å². The van der Waals surface area contributed by atoms with Crippen LogP contribution in [-0.4, -0.2) is 38.3 Å². The molecule has 2 N–H and O–H groups in total. The molecule has 0 bridgehead atoms. The van der Waals surface area contributed by atoms with Gasteiger partial charge in [-0.15, -0.1) is 11.3 Å². The van der Waals surface area contributed by atoms with Crippen LogP contribution in [0.5, 0.6) is 0 Å². The molecule has 98 valence electrons. The van der Waals surface area contributed by atoms with Crippen LogP contribution in [0.25, 0.3) is 0 Å².